The summed E-state index contributed by atoms with van der Waals surface area (Å²) in [6.45, 7) is -11.5. The highest BCUT2D eigenvalue weighted by Gasteiger charge is 2.46. The Morgan fingerprint density at radius 1 is 0.797 bits per heavy atom. The van der Waals surface area contributed by atoms with E-state index in [1.807, 2.05) is 66.0 Å². The number of ether oxygens (including phenoxy) is 1. The Bertz CT molecular complexity index is 2560. The second-order valence-corrected chi connectivity index (χ2v) is 15.3. The average molecular weight is 826 g/mol. The molecule has 10 nitrogen and oxygen atoms in total. The van der Waals surface area contributed by atoms with Crippen LogP contribution < -0.4 is 15.0 Å². The molecule has 1 N–H and O–H groups in total. The maximum Gasteiger partial charge on any atom is 0.265 e. The molecule has 0 aliphatic carbocycles. The molecule has 59 heavy (non-hydrogen) atoms. The first kappa shape index (κ1) is 31.5. The smallest absolute Gasteiger partial charge is 0.265 e. The van der Waals surface area contributed by atoms with Crippen molar-refractivity contribution >= 4 is 52.1 Å². The van der Waals surface area contributed by atoms with Gasteiger partial charge in [-0.1, -0.05) is 72.8 Å². The monoisotopic (exact) mass is 825 g/mol. The van der Waals surface area contributed by atoms with Crippen LogP contribution in [-0.2, 0) is 9.59 Å². The number of amides is 4. The molecule has 4 aromatic carbocycles. The van der Waals surface area contributed by atoms with Crippen molar-refractivity contribution in [2.45, 2.75) is 38.1 Å². The Morgan fingerprint density at radius 2 is 1.46 bits per heavy atom. The van der Waals surface area contributed by atoms with Gasteiger partial charge in [0.25, 0.3) is 11.8 Å². The summed E-state index contributed by atoms with van der Waals surface area (Å²) in [7, 11) is 0. The fourth-order valence-electron chi connectivity index (χ4n) is 8.09. The number of piperidine rings is 2. The molecule has 4 aromatic rings. The summed E-state index contributed by atoms with van der Waals surface area (Å²) in [6.07, 6.45) is 1.21. The van der Waals surface area contributed by atoms with Crippen molar-refractivity contribution < 1.29 is 39.3 Å². The van der Waals surface area contributed by atoms with E-state index in [9.17, 15) is 19.2 Å². The third-order valence-corrected chi connectivity index (χ3v) is 11.3. The maximum atomic E-state index is 15.8. The third-order valence-electron chi connectivity index (χ3n) is 11.1. The molecule has 12 heteroatoms. The fraction of sp³-hybridized carbons (Fsp3) is 0.362. The molecule has 0 saturated carbocycles. The molecule has 4 aliphatic rings. The molecule has 3 saturated heterocycles. The van der Waals surface area contributed by atoms with Gasteiger partial charge in [0.05, 0.1) is 16.6 Å². The minimum atomic E-state index is -3.37. The van der Waals surface area contributed by atoms with Gasteiger partial charge >= 0.3 is 0 Å². The Kier molecular flexibility index (Phi) is 9.77. The molecule has 1 unspecified atom stereocenters. The van der Waals surface area contributed by atoms with E-state index < -0.39 is 78.3 Å². The molecule has 0 spiro atoms. The number of carbonyl (C=O) groups is 4. The van der Waals surface area contributed by atoms with Gasteiger partial charge in [0, 0.05) is 62.5 Å². The van der Waals surface area contributed by atoms with Crippen LogP contribution in [0.2, 0.25) is 0 Å². The summed E-state index contributed by atoms with van der Waals surface area (Å²) in [5.41, 5.74) is 3.28. The lowest BCUT2D eigenvalue weighted by Gasteiger charge is -2.39. The average Bonchev–Trinajstić information content (AvgIpc) is 3.54. The summed E-state index contributed by atoms with van der Waals surface area (Å²) in [5, 5.41) is 2.03. The molecular formula is C47H49ClFN5O5. The van der Waals surface area contributed by atoms with Crippen molar-refractivity contribution in [3.63, 3.8) is 0 Å². The van der Waals surface area contributed by atoms with E-state index in [-0.39, 0.29) is 30.2 Å². The van der Waals surface area contributed by atoms with Gasteiger partial charge in [0.2, 0.25) is 11.8 Å². The minimum Gasteiger partial charge on any atom is -0.492 e. The van der Waals surface area contributed by atoms with Gasteiger partial charge in [-0.3, -0.25) is 39.2 Å². The Morgan fingerprint density at radius 3 is 2.12 bits per heavy atom. The number of hydrogen-bond acceptors (Lipinski definition) is 8. The number of nitrogens with zero attached hydrogens (tertiary/aromatic N) is 4. The summed E-state index contributed by atoms with van der Waals surface area (Å²) in [5.74, 6) is -4.49. The largest absolute Gasteiger partial charge is 0.492 e. The van der Waals surface area contributed by atoms with Crippen LogP contribution in [0.1, 0.15) is 80.5 Å². The Balaban J connectivity index is 0.916. The fourth-order valence-corrected chi connectivity index (χ4v) is 8.28. The number of halogens is 2. The van der Waals surface area contributed by atoms with Crippen molar-refractivity contribution in [3.05, 3.63) is 131 Å². The zero-order valence-electron chi connectivity index (χ0n) is 40.3. The quantitative estimate of drug-likeness (QED) is 0.0901. The van der Waals surface area contributed by atoms with Crippen LogP contribution in [0.15, 0.2) is 97.1 Å². The topological polar surface area (TPSA) is 102 Å². The molecule has 0 aromatic heterocycles. The van der Waals surface area contributed by atoms with E-state index in [2.05, 4.69) is 29.2 Å². The van der Waals surface area contributed by atoms with Gasteiger partial charge in [0.1, 0.15) is 24.2 Å². The molecule has 0 bridgehead atoms. The number of alkyl halides is 1. The molecular weight excluding hydrogens is 769 g/mol. The van der Waals surface area contributed by atoms with Crippen molar-refractivity contribution in [1.82, 2.24) is 20.0 Å². The highest BCUT2D eigenvalue weighted by Crippen LogP contribution is 2.36. The number of rotatable bonds is 13. The molecule has 306 valence electrons. The number of piperazine rings is 1. The van der Waals surface area contributed by atoms with E-state index in [1.54, 1.807) is 0 Å². The number of likely N-dealkylation sites (tertiary alicyclic amines) is 1. The van der Waals surface area contributed by atoms with Gasteiger partial charge in [-0.2, -0.15) is 0 Å². The van der Waals surface area contributed by atoms with E-state index in [0.717, 1.165) is 33.9 Å². The SMILES string of the molecule is [2H]C1([2H])N(CC2CCN(CCOc3ccc(C(=C(CCCl)c4ccccc4)c4ccccc4)cc3)CC2)C([2H])([2H])C([2H])([2H])N(c2cc(F)c3c(c2)C(=O)N(C2CCC(=O)NC2=O)C3=O)C1([2H])[2H]. The number of hydrogen-bond donors (Lipinski definition) is 1. The number of nitrogens with one attached hydrogen (secondary N) is 1. The van der Waals surface area contributed by atoms with E-state index >= 15 is 4.39 Å². The third kappa shape index (κ3) is 8.98. The van der Waals surface area contributed by atoms with Gasteiger partial charge in [0.15, 0.2) is 0 Å². The van der Waals surface area contributed by atoms with Crippen molar-refractivity contribution in [2.24, 2.45) is 5.92 Å². The van der Waals surface area contributed by atoms with E-state index in [1.165, 1.54) is 0 Å². The summed E-state index contributed by atoms with van der Waals surface area (Å²) in [6, 6.07) is 28.2. The predicted octanol–water partition coefficient (Wildman–Crippen LogP) is 6.73. The molecule has 0 radical (unpaired) electrons. The summed E-state index contributed by atoms with van der Waals surface area (Å²) < 4.78 is 94.0. The first-order chi connectivity index (χ1) is 31.8. The standard InChI is InChI=1S/C47H49ClFN5O5/c48-20-17-38(33-7-3-1-4-8-33)43(34-9-5-2-6-10-34)35-11-13-37(14-12-35)59-28-27-51-21-18-32(19-22-51)31-52-23-25-53(26-24-52)36-29-39-44(40(49)30-36)47(58)54(46(39)57)41-15-16-42(55)50-45(41)56/h1-14,29-30,32,41H,15-28,31H2,(H,50,55,56)/i23D2,24D2,25D2,26D2. The van der Waals surface area contributed by atoms with Crippen LogP contribution in [-0.4, -0.2) is 109 Å². The van der Waals surface area contributed by atoms with E-state index in [4.69, 9.17) is 27.3 Å². The molecule has 3 fully saturated rings. The number of benzene rings is 4. The zero-order valence-corrected chi connectivity index (χ0v) is 33.0. The second-order valence-electron chi connectivity index (χ2n) is 14.9. The molecule has 8 rings (SSSR count). The van der Waals surface area contributed by atoms with Crippen LogP contribution in [0.25, 0.3) is 11.1 Å². The van der Waals surface area contributed by atoms with Crippen LogP contribution in [0.3, 0.4) is 0 Å². The lowest BCUT2D eigenvalue weighted by atomic mass is 9.88. The summed E-state index contributed by atoms with van der Waals surface area (Å²) in [4.78, 5) is 54.5. The summed E-state index contributed by atoms with van der Waals surface area (Å²) >= 11 is 6.32. The lowest BCUT2D eigenvalue weighted by Crippen LogP contribution is -2.54. The number of allylic oxidation sites excluding steroid dienone is 1. The maximum absolute atomic E-state index is 15.8. The lowest BCUT2D eigenvalue weighted by molar-refractivity contribution is -0.136. The Hall–Kier alpha value is -5.36. The van der Waals surface area contributed by atoms with Crippen LogP contribution in [0.4, 0.5) is 10.1 Å². The van der Waals surface area contributed by atoms with E-state index in [0.29, 0.717) is 73.0 Å². The minimum absolute atomic E-state index is 0.144. The molecule has 4 amide bonds. The van der Waals surface area contributed by atoms with Crippen molar-refractivity contribution in [2.75, 3.05) is 69.6 Å². The molecule has 4 aliphatic heterocycles. The molecule has 4 heterocycles. The van der Waals surface area contributed by atoms with Crippen LogP contribution >= 0.6 is 11.6 Å². The van der Waals surface area contributed by atoms with Crippen LogP contribution in [0, 0.1) is 11.7 Å². The van der Waals surface area contributed by atoms with Crippen molar-refractivity contribution in [3.8, 4) is 5.75 Å². The van der Waals surface area contributed by atoms with Gasteiger partial charge in [-0.25, -0.2) is 4.39 Å². The van der Waals surface area contributed by atoms with Crippen molar-refractivity contribution in [1.29, 1.82) is 0 Å². The number of imide groups is 2. The first-order valence-corrected chi connectivity index (χ1v) is 20.3. The number of fused-ring (bicyclic) bond motifs is 1. The second kappa shape index (κ2) is 18.3. The van der Waals surface area contributed by atoms with Gasteiger partial charge < -0.3 is 9.64 Å². The van der Waals surface area contributed by atoms with Gasteiger partial charge in [-0.15, -0.1) is 11.6 Å². The van der Waals surface area contributed by atoms with Gasteiger partial charge in [-0.05, 0) is 96.8 Å². The first-order valence-electron chi connectivity index (χ1n) is 23.8. The molecule has 1 atom stereocenters. The highest BCUT2D eigenvalue weighted by atomic mass is 35.5. The Labute approximate surface area is 360 Å². The zero-order chi connectivity index (χ0) is 48.1. The number of anilines is 1. The highest BCUT2D eigenvalue weighted by molar-refractivity contribution is 6.24. The number of carbonyl (C=O) groups excluding carboxylic acids is 4. The normalized spacial score (nSPS) is 25.2. The predicted molar refractivity (Wildman–Crippen MR) is 227 cm³/mol. The van der Waals surface area contributed by atoms with Crippen LogP contribution in [0.5, 0.6) is 5.75 Å².